The van der Waals surface area contributed by atoms with Gasteiger partial charge >= 0.3 is 6.09 Å². The van der Waals surface area contributed by atoms with Crippen molar-refractivity contribution in [2.45, 2.75) is 45.3 Å². The molecular formula is C15H21ClN2O3. The predicted molar refractivity (Wildman–Crippen MR) is 80.7 cm³/mol. The molecule has 1 aromatic heterocycles. The van der Waals surface area contributed by atoms with Crippen LogP contribution in [-0.4, -0.2) is 40.8 Å². The maximum Gasteiger partial charge on any atom is 0.410 e. The number of pyridine rings is 1. The summed E-state index contributed by atoms with van der Waals surface area (Å²) >= 11 is 5.78. The van der Waals surface area contributed by atoms with Crippen molar-refractivity contribution in [3.8, 4) is 5.88 Å². The summed E-state index contributed by atoms with van der Waals surface area (Å²) in [7, 11) is 0. The minimum Gasteiger partial charge on any atom is -0.474 e. The average Bonchev–Trinajstić information content (AvgIpc) is 2.40. The molecule has 1 aliphatic heterocycles. The lowest BCUT2D eigenvalue weighted by Crippen LogP contribution is -2.44. The monoisotopic (exact) mass is 312 g/mol. The van der Waals surface area contributed by atoms with Gasteiger partial charge in [0.2, 0.25) is 5.88 Å². The molecule has 21 heavy (non-hydrogen) atoms. The van der Waals surface area contributed by atoms with Gasteiger partial charge in [-0.05, 0) is 26.8 Å². The summed E-state index contributed by atoms with van der Waals surface area (Å²) < 4.78 is 11.2. The number of rotatable bonds is 2. The first-order chi connectivity index (χ1) is 9.83. The van der Waals surface area contributed by atoms with Crippen LogP contribution in [0.3, 0.4) is 0 Å². The van der Waals surface area contributed by atoms with Crippen LogP contribution in [0.4, 0.5) is 4.79 Å². The number of carbonyl (C=O) groups is 1. The molecular weight excluding hydrogens is 292 g/mol. The van der Waals surface area contributed by atoms with Crippen LogP contribution in [0.1, 0.15) is 33.6 Å². The topological polar surface area (TPSA) is 51.7 Å². The fourth-order valence-corrected chi connectivity index (χ4v) is 2.20. The highest BCUT2D eigenvalue weighted by atomic mass is 35.5. The fraction of sp³-hybridized carbons (Fsp3) is 0.600. The number of amides is 1. The van der Waals surface area contributed by atoms with E-state index in [4.69, 9.17) is 21.1 Å². The lowest BCUT2D eigenvalue weighted by molar-refractivity contribution is 0.0123. The van der Waals surface area contributed by atoms with Crippen molar-refractivity contribution in [3.05, 3.63) is 23.4 Å². The van der Waals surface area contributed by atoms with Gasteiger partial charge in [0.25, 0.3) is 0 Å². The second kappa shape index (κ2) is 6.52. The SMILES string of the molecule is CC(C)(C)OC(=O)N1CCC(Oc2ccc(Cl)cn2)CC1. The molecule has 0 atom stereocenters. The first kappa shape index (κ1) is 15.9. The van der Waals surface area contributed by atoms with Crippen LogP contribution >= 0.6 is 11.6 Å². The molecule has 1 saturated heterocycles. The van der Waals surface area contributed by atoms with E-state index in [0.29, 0.717) is 24.0 Å². The van der Waals surface area contributed by atoms with Crippen LogP contribution in [0.5, 0.6) is 5.88 Å². The summed E-state index contributed by atoms with van der Waals surface area (Å²) in [5.74, 6) is 0.565. The van der Waals surface area contributed by atoms with Crippen LogP contribution in [0.15, 0.2) is 18.3 Å². The van der Waals surface area contributed by atoms with E-state index >= 15 is 0 Å². The van der Waals surface area contributed by atoms with Gasteiger partial charge in [0.15, 0.2) is 0 Å². The number of halogens is 1. The third-order valence-electron chi connectivity index (χ3n) is 3.08. The van der Waals surface area contributed by atoms with Gasteiger partial charge < -0.3 is 14.4 Å². The lowest BCUT2D eigenvalue weighted by atomic mass is 10.1. The Balaban J connectivity index is 1.80. The first-order valence-corrected chi connectivity index (χ1v) is 7.47. The van der Waals surface area contributed by atoms with Gasteiger partial charge in [-0.15, -0.1) is 0 Å². The molecule has 0 spiro atoms. The highest BCUT2D eigenvalue weighted by Crippen LogP contribution is 2.20. The molecule has 1 amide bonds. The largest absolute Gasteiger partial charge is 0.474 e. The Morgan fingerprint density at radius 2 is 2.00 bits per heavy atom. The average molecular weight is 313 g/mol. The second-order valence-corrected chi connectivity index (χ2v) is 6.54. The van der Waals surface area contributed by atoms with Crippen molar-refractivity contribution in [1.82, 2.24) is 9.88 Å². The van der Waals surface area contributed by atoms with Crippen molar-refractivity contribution in [3.63, 3.8) is 0 Å². The number of carbonyl (C=O) groups excluding carboxylic acids is 1. The van der Waals surface area contributed by atoms with Crippen LogP contribution in [0.25, 0.3) is 0 Å². The van der Waals surface area contributed by atoms with Crippen molar-refractivity contribution in [2.75, 3.05) is 13.1 Å². The molecule has 1 aromatic rings. The number of likely N-dealkylation sites (tertiary alicyclic amines) is 1. The Hall–Kier alpha value is -1.49. The maximum absolute atomic E-state index is 12.0. The zero-order valence-electron chi connectivity index (χ0n) is 12.6. The summed E-state index contributed by atoms with van der Waals surface area (Å²) in [6, 6.07) is 3.50. The van der Waals surface area contributed by atoms with E-state index in [0.717, 1.165) is 12.8 Å². The van der Waals surface area contributed by atoms with E-state index in [9.17, 15) is 4.79 Å². The Kier molecular flexibility index (Phi) is 4.93. The number of hydrogen-bond donors (Lipinski definition) is 0. The smallest absolute Gasteiger partial charge is 0.410 e. The lowest BCUT2D eigenvalue weighted by Gasteiger charge is -2.33. The first-order valence-electron chi connectivity index (χ1n) is 7.09. The molecule has 0 bridgehead atoms. The van der Waals surface area contributed by atoms with Crippen molar-refractivity contribution >= 4 is 17.7 Å². The summed E-state index contributed by atoms with van der Waals surface area (Å²) in [6.07, 6.45) is 2.91. The molecule has 0 aliphatic carbocycles. The molecule has 1 fully saturated rings. The number of hydrogen-bond acceptors (Lipinski definition) is 4. The van der Waals surface area contributed by atoms with Crippen molar-refractivity contribution < 1.29 is 14.3 Å². The summed E-state index contributed by atoms with van der Waals surface area (Å²) in [6.45, 7) is 6.87. The van der Waals surface area contributed by atoms with Gasteiger partial charge in [-0.1, -0.05) is 11.6 Å². The Morgan fingerprint density at radius 1 is 1.33 bits per heavy atom. The highest BCUT2D eigenvalue weighted by molar-refractivity contribution is 6.30. The third-order valence-corrected chi connectivity index (χ3v) is 3.30. The second-order valence-electron chi connectivity index (χ2n) is 6.10. The van der Waals surface area contributed by atoms with E-state index in [1.54, 1.807) is 23.2 Å². The quantitative estimate of drug-likeness (QED) is 0.838. The molecule has 0 radical (unpaired) electrons. The van der Waals surface area contributed by atoms with E-state index in [1.807, 2.05) is 20.8 Å². The molecule has 2 heterocycles. The normalized spacial score (nSPS) is 16.7. The van der Waals surface area contributed by atoms with E-state index < -0.39 is 5.60 Å². The van der Waals surface area contributed by atoms with Crippen LogP contribution in [-0.2, 0) is 4.74 Å². The van der Waals surface area contributed by atoms with Gasteiger partial charge in [-0.25, -0.2) is 9.78 Å². The maximum atomic E-state index is 12.0. The number of ether oxygens (including phenoxy) is 2. The number of nitrogens with zero attached hydrogens (tertiary/aromatic N) is 2. The van der Waals surface area contributed by atoms with Crippen LogP contribution < -0.4 is 4.74 Å². The van der Waals surface area contributed by atoms with Crippen molar-refractivity contribution in [2.24, 2.45) is 0 Å². The molecule has 0 saturated carbocycles. The molecule has 2 rings (SSSR count). The van der Waals surface area contributed by atoms with E-state index in [1.165, 1.54) is 0 Å². The fourth-order valence-electron chi connectivity index (χ4n) is 2.09. The third kappa shape index (κ3) is 5.08. The molecule has 0 unspecified atom stereocenters. The molecule has 116 valence electrons. The minimum atomic E-state index is -0.461. The molecule has 0 N–H and O–H groups in total. The van der Waals surface area contributed by atoms with Gasteiger partial charge in [-0.2, -0.15) is 0 Å². The van der Waals surface area contributed by atoms with Gasteiger partial charge in [0.05, 0.1) is 5.02 Å². The zero-order valence-corrected chi connectivity index (χ0v) is 13.4. The molecule has 1 aliphatic rings. The van der Waals surface area contributed by atoms with Gasteiger partial charge in [-0.3, -0.25) is 0 Å². The highest BCUT2D eigenvalue weighted by Gasteiger charge is 2.27. The minimum absolute atomic E-state index is 0.0670. The Labute approximate surface area is 130 Å². The Morgan fingerprint density at radius 3 is 2.52 bits per heavy atom. The molecule has 6 heteroatoms. The predicted octanol–water partition coefficient (Wildman–Crippen LogP) is 3.51. The van der Waals surface area contributed by atoms with Crippen LogP contribution in [0.2, 0.25) is 5.02 Å². The van der Waals surface area contributed by atoms with Crippen LogP contribution in [0, 0.1) is 0 Å². The van der Waals surface area contributed by atoms with Gasteiger partial charge in [0.1, 0.15) is 11.7 Å². The zero-order chi connectivity index (χ0) is 15.5. The Bertz CT molecular complexity index is 477. The van der Waals surface area contributed by atoms with Crippen molar-refractivity contribution in [1.29, 1.82) is 0 Å². The van der Waals surface area contributed by atoms with Gasteiger partial charge in [0, 0.05) is 38.2 Å². The summed E-state index contributed by atoms with van der Waals surface area (Å²) in [5, 5.41) is 0.585. The summed E-state index contributed by atoms with van der Waals surface area (Å²) in [4.78, 5) is 17.8. The number of piperidine rings is 1. The van der Waals surface area contributed by atoms with E-state index in [-0.39, 0.29) is 12.2 Å². The summed E-state index contributed by atoms with van der Waals surface area (Å²) in [5.41, 5.74) is -0.461. The molecule has 5 nitrogen and oxygen atoms in total. The van der Waals surface area contributed by atoms with E-state index in [2.05, 4.69) is 4.98 Å². The number of aromatic nitrogens is 1. The standard InChI is InChI=1S/C15H21ClN2O3/c1-15(2,3)21-14(19)18-8-6-12(7-9-18)20-13-5-4-11(16)10-17-13/h4-5,10,12H,6-9H2,1-3H3. The molecule has 0 aromatic carbocycles.